The molecule has 0 aliphatic carbocycles. The summed E-state index contributed by atoms with van der Waals surface area (Å²) >= 11 is 0. The lowest BCUT2D eigenvalue weighted by atomic mass is 9.95. The third-order valence-corrected chi connectivity index (χ3v) is 4.32. The smallest absolute Gasteiger partial charge is 0.407 e. The molecule has 2 saturated heterocycles. The molecule has 2 aliphatic heterocycles. The first-order chi connectivity index (χ1) is 11.0. The molecule has 1 aromatic rings. The first-order valence-corrected chi connectivity index (χ1v) is 7.48. The lowest BCUT2D eigenvalue weighted by Gasteiger charge is -2.25. The lowest BCUT2D eigenvalue weighted by molar-refractivity contribution is 0.0438. The largest absolute Gasteiger partial charge is 0.441 e. The summed E-state index contributed by atoms with van der Waals surface area (Å²) in [4.78, 5) is 25.5. The van der Waals surface area contributed by atoms with Gasteiger partial charge in [0.25, 0.3) is 5.91 Å². The van der Waals surface area contributed by atoms with Crippen LogP contribution in [0.3, 0.4) is 0 Å². The molecule has 2 aliphatic rings. The summed E-state index contributed by atoms with van der Waals surface area (Å²) in [7, 11) is 0. The average Bonchev–Trinajstić information content (AvgIpc) is 2.77. The maximum absolute atomic E-state index is 13.5. The van der Waals surface area contributed by atoms with Gasteiger partial charge in [0.2, 0.25) is 0 Å². The highest BCUT2D eigenvalue weighted by atomic mass is 19.1. The van der Waals surface area contributed by atoms with Crippen LogP contribution in [0.2, 0.25) is 0 Å². The number of alkyl carbamates (subject to hydrolysis) is 1. The van der Waals surface area contributed by atoms with Crippen molar-refractivity contribution in [2.75, 3.05) is 19.6 Å². The van der Waals surface area contributed by atoms with Gasteiger partial charge in [0, 0.05) is 25.1 Å². The topological polar surface area (TPSA) is 82.4 Å². The fourth-order valence-electron chi connectivity index (χ4n) is 3.11. The van der Waals surface area contributed by atoms with Gasteiger partial charge >= 0.3 is 6.09 Å². The predicted octanol–water partition coefficient (Wildman–Crippen LogP) is 1.80. The maximum Gasteiger partial charge on any atom is 0.407 e. The Balaban J connectivity index is 1.75. The van der Waals surface area contributed by atoms with E-state index in [9.17, 15) is 14.0 Å². The Hall–Kier alpha value is -2.62. The molecule has 0 radical (unpaired) electrons. The Kier molecular flexibility index (Phi) is 3.90. The minimum Gasteiger partial charge on any atom is -0.441 e. The number of hydrogen-bond acceptors (Lipinski definition) is 4. The van der Waals surface area contributed by atoms with Crippen molar-refractivity contribution in [2.24, 2.45) is 0 Å². The molecule has 2 amide bonds. The van der Waals surface area contributed by atoms with Crippen LogP contribution >= 0.6 is 0 Å². The van der Waals surface area contributed by atoms with Gasteiger partial charge in [0.1, 0.15) is 11.4 Å². The van der Waals surface area contributed by atoms with Gasteiger partial charge in [-0.05, 0) is 31.0 Å². The van der Waals surface area contributed by atoms with Crippen molar-refractivity contribution in [3.05, 3.63) is 35.1 Å². The molecular formula is C16H16FN3O3. The van der Waals surface area contributed by atoms with Crippen molar-refractivity contribution in [1.29, 1.82) is 5.26 Å². The second-order valence-electron chi connectivity index (χ2n) is 5.91. The quantitative estimate of drug-likeness (QED) is 0.856. The zero-order chi connectivity index (χ0) is 16.4. The van der Waals surface area contributed by atoms with E-state index >= 15 is 0 Å². The molecule has 23 heavy (non-hydrogen) atoms. The minimum absolute atomic E-state index is 0.119. The van der Waals surface area contributed by atoms with Crippen LogP contribution in [0.5, 0.6) is 0 Å². The molecule has 3 rings (SSSR count). The number of nitrogens with one attached hydrogen (secondary N) is 1. The van der Waals surface area contributed by atoms with Crippen LogP contribution < -0.4 is 5.32 Å². The van der Waals surface area contributed by atoms with E-state index < -0.39 is 17.5 Å². The number of nitrogens with zero attached hydrogens (tertiary/aromatic N) is 2. The Bertz CT molecular complexity index is 700. The van der Waals surface area contributed by atoms with Crippen LogP contribution in [-0.4, -0.2) is 42.1 Å². The number of benzene rings is 1. The maximum atomic E-state index is 13.5. The second-order valence-corrected chi connectivity index (χ2v) is 5.91. The number of carbonyl (C=O) groups excluding carboxylic acids is 2. The van der Waals surface area contributed by atoms with Gasteiger partial charge in [-0.15, -0.1) is 0 Å². The van der Waals surface area contributed by atoms with E-state index in [4.69, 9.17) is 10.00 Å². The third-order valence-electron chi connectivity index (χ3n) is 4.32. The number of ether oxygens (including phenoxy) is 1. The third kappa shape index (κ3) is 3.11. The number of rotatable bonds is 1. The zero-order valence-electron chi connectivity index (χ0n) is 12.5. The normalized spacial score (nSPS) is 23.8. The number of halogens is 1. The fourth-order valence-corrected chi connectivity index (χ4v) is 3.11. The highest BCUT2D eigenvalue weighted by Gasteiger charge is 2.41. The van der Waals surface area contributed by atoms with E-state index in [1.807, 2.05) is 6.07 Å². The summed E-state index contributed by atoms with van der Waals surface area (Å²) in [5.74, 6) is -0.914. The number of carbonyl (C=O) groups is 2. The Morgan fingerprint density at radius 2 is 2.17 bits per heavy atom. The van der Waals surface area contributed by atoms with E-state index in [1.54, 1.807) is 4.90 Å². The molecule has 1 spiro atoms. The van der Waals surface area contributed by atoms with Gasteiger partial charge < -0.3 is 15.0 Å². The number of amides is 2. The monoisotopic (exact) mass is 317 g/mol. The first-order valence-electron chi connectivity index (χ1n) is 7.48. The molecule has 2 fully saturated rings. The van der Waals surface area contributed by atoms with Gasteiger partial charge in [-0.2, -0.15) is 5.26 Å². The molecular weight excluding hydrogens is 301 g/mol. The van der Waals surface area contributed by atoms with E-state index in [0.717, 1.165) is 12.1 Å². The number of likely N-dealkylation sites (tertiary alicyclic amines) is 1. The summed E-state index contributed by atoms with van der Waals surface area (Å²) in [5, 5.41) is 11.5. The van der Waals surface area contributed by atoms with Crippen LogP contribution in [0.1, 0.15) is 35.2 Å². The standard InChI is InChI=1S/C16H16FN3O3/c17-13-7-11(9-18)6-12(8-13)14(21)20-4-1-2-16(3-5-20)10-19-15(22)23-16/h6-8H,1-5,10H2,(H,19,22)/t16-/m0/s1. The van der Waals surface area contributed by atoms with Crippen molar-refractivity contribution < 1.29 is 18.7 Å². The summed E-state index contributed by atoms with van der Waals surface area (Å²) in [6, 6.07) is 5.47. The van der Waals surface area contributed by atoms with E-state index in [-0.39, 0.29) is 17.0 Å². The molecule has 0 aromatic heterocycles. The van der Waals surface area contributed by atoms with Gasteiger partial charge in [0.15, 0.2) is 0 Å². The molecule has 120 valence electrons. The first kappa shape index (κ1) is 15.3. The SMILES string of the molecule is N#Cc1cc(F)cc(C(=O)N2CCC[C@]3(CC2)CNC(=O)O3)c1. The van der Waals surface area contributed by atoms with Crippen LogP contribution in [0.25, 0.3) is 0 Å². The minimum atomic E-state index is -0.604. The van der Waals surface area contributed by atoms with Gasteiger partial charge in [-0.3, -0.25) is 4.79 Å². The van der Waals surface area contributed by atoms with Crippen LogP contribution in [0, 0.1) is 17.1 Å². The summed E-state index contributed by atoms with van der Waals surface area (Å²) < 4.78 is 18.9. The molecule has 0 bridgehead atoms. The molecule has 1 atom stereocenters. The number of nitriles is 1. The van der Waals surface area contributed by atoms with Gasteiger partial charge in [-0.1, -0.05) is 0 Å². The predicted molar refractivity (Wildman–Crippen MR) is 78.1 cm³/mol. The zero-order valence-corrected chi connectivity index (χ0v) is 12.5. The highest BCUT2D eigenvalue weighted by molar-refractivity contribution is 5.94. The van der Waals surface area contributed by atoms with Gasteiger partial charge in [-0.25, -0.2) is 9.18 Å². The Morgan fingerprint density at radius 3 is 2.87 bits per heavy atom. The highest BCUT2D eigenvalue weighted by Crippen LogP contribution is 2.29. The Labute approximate surface area is 132 Å². The van der Waals surface area contributed by atoms with Crippen molar-refractivity contribution in [1.82, 2.24) is 10.2 Å². The molecule has 1 N–H and O–H groups in total. The van der Waals surface area contributed by atoms with Crippen LogP contribution in [0.4, 0.5) is 9.18 Å². The lowest BCUT2D eigenvalue weighted by Crippen LogP contribution is -2.36. The van der Waals surface area contributed by atoms with Crippen molar-refractivity contribution >= 4 is 12.0 Å². The van der Waals surface area contributed by atoms with Crippen LogP contribution in [0.15, 0.2) is 18.2 Å². The molecule has 0 unspecified atom stereocenters. The second kappa shape index (κ2) is 5.88. The van der Waals surface area contributed by atoms with Crippen molar-refractivity contribution in [3.63, 3.8) is 0 Å². The average molecular weight is 317 g/mol. The molecule has 7 heteroatoms. The summed E-state index contributed by atoms with van der Waals surface area (Å²) in [6.07, 6.45) is 1.50. The van der Waals surface area contributed by atoms with Gasteiger partial charge in [0.05, 0.1) is 18.2 Å². The molecule has 0 saturated carbocycles. The summed E-state index contributed by atoms with van der Waals surface area (Å²) in [5.41, 5.74) is -0.265. The molecule has 6 nitrogen and oxygen atoms in total. The van der Waals surface area contributed by atoms with Crippen molar-refractivity contribution in [3.8, 4) is 6.07 Å². The molecule has 1 aromatic carbocycles. The number of hydrogen-bond donors (Lipinski definition) is 1. The fraction of sp³-hybridized carbons (Fsp3) is 0.438. The van der Waals surface area contributed by atoms with E-state index in [1.165, 1.54) is 6.07 Å². The van der Waals surface area contributed by atoms with E-state index in [2.05, 4.69) is 5.32 Å². The summed E-state index contributed by atoms with van der Waals surface area (Å²) in [6.45, 7) is 1.38. The Morgan fingerprint density at radius 1 is 1.35 bits per heavy atom. The molecule has 2 heterocycles. The van der Waals surface area contributed by atoms with Crippen molar-refractivity contribution in [2.45, 2.75) is 24.9 Å². The van der Waals surface area contributed by atoms with E-state index in [0.29, 0.717) is 38.9 Å². The van der Waals surface area contributed by atoms with Crippen LogP contribution in [-0.2, 0) is 4.74 Å².